The Hall–Kier alpha value is -4.05. The minimum atomic E-state index is -0.449. The van der Waals surface area contributed by atoms with E-state index in [0.29, 0.717) is 36.9 Å². The number of benzene rings is 4. The number of nitrogens with one attached hydrogen (secondary N) is 1. The largest absolute Gasteiger partial charge is 0.494 e. The Labute approximate surface area is 239 Å². The molecule has 0 unspecified atom stereocenters. The molecule has 0 saturated carbocycles. The molecule has 39 heavy (non-hydrogen) atoms. The van der Waals surface area contributed by atoms with Crippen molar-refractivity contribution in [1.29, 1.82) is 0 Å². The first-order chi connectivity index (χ1) is 19.0. The number of carbonyl (C=O) groups excluding carboxylic acids is 1. The van der Waals surface area contributed by atoms with Crippen LogP contribution in [0.15, 0.2) is 88.4 Å². The van der Waals surface area contributed by atoms with Crippen LogP contribution in [-0.4, -0.2) is 25.3 Å². The molecule has 198 valence electrons. The number of rotatable bonds is 10. The highest BCUT2D eigenvalue weighted by atomic mass is 127. The number of halogens is 1. The molecule has 0 fully saturated rings. The molecule has 1 aromatic heterocycles. The van der Waals surface area contributed by atoms with Crippen LogP contribution in [0.25, 0.3) is 21.7 Å². The van der Waals surface area contributed by atoms with Crippen molar-refractivity contribution >= 4 is 56.5 Å². The number of carbonyl (C=O) groups is 1. The third-order valence-corrected chi connectivity index (χ3v) is 6.73. The van der Waals surface area contributed by atoms with Crippen LogP contribution in [-0.2, 0) is 6.61 Å². The fraction of sp³-hybridized carbons (Fsp3) is 0.161. The van der Waals surface area contributed by atoms with Crippen molar-refractivity contribution in [2.24, 2.45) is 5.10 Å². The van der Waals surface area contributed by atoms with E-state index in [-0.39, 0.29) is 5.76 Å². The Kier molecular flexibility index (Phi) is 8.31. The van der Waals surface area contributed by atoms with Crippen LogP contribution in [0, 0.1) is 3.57 Å². The van der Waals surface area contributed by atoms with Crippen molar-refractivity contribution in [3.63, 3.8) is 0 Å². The van der Waals surface area contributed by atoms with Gasteiger partial charge in [-0.15, -0.1) is 0 Å². The molecular weight excluding hydrogens is 607 g/mol. The smallest absolute Gasteiger partial charge is 0.307 e. The third-order valence-electron chi connectivity index (χ3n) is 5.93. The van der Waals surface area contributed by atoms with E-state index in [4.69, 9.17) is 18.6 Å². The van der Waals surface area contributed by atoms with E-state index in [1.807, 2.05) is 50.2 Å². The van der Waals surface area contributed by atoms with E-state index in [2.05, 4.69) is 63.4 Å². The lowest BCUT2D eigenvalue weighted by Crippen LogP contribution is -2.16. The summed E-state index contributed by atoms with van der Waals surface area (Å²) in [5.41, 5.74) is 4.95. The van der Waals surface area contributed by atoms with E-state index in [0.717, 1.165) is 25.8 Å². The summed E-state index contributed by atoms with van der Waals surface area (Å²) in [6.45, 7) is 5.30. The van der Waals surface area contributed by atoms with Gasteiger partial charge in [-0.25, -0.2) is 5.43 Å². The maximum absolute atomic E-state index is 12.6. The molecule has 1 amide bonds. The first kappa shape index (κ1) is 26.6. The molecule has 0 atom stereocenters. The van der Waals surface area contributed by atoms with Crippen molar-refractivity contribution in [3.8, 4) is 17.2 Å². The van der Waals surface area contributed by atoms with Crippen molar-refractivity contribution in [1.82, 2.24) is 5.43 Å². The van der Waals surface area contributed by atoms with Crippen LogP contribution in [0.1, 0.15) is 35.5 Å². The summed E-state index contributed by atoms with van der Waals surface area (Å²) in [6, 6.07) is 25.4. The zero-order valence-electron chi connectivity index (χ0n) is 21.6. The quantitative estimate of drug-likeness (QED) is 0.0989. The maximum Gasteiger partial charge on any atom is 0.307 e. The van der Waals surface area contributed by atoms with Gasteiger partial charge < -0.3 is 18.6 Å². The van der Waals surface area contributed by atoms with Crippen molar-refractivity contribution in [2.75, 3.05) is 13.2 Å². The second-order valence-corrected chi connectivity index (χ2v) is 9.84. The summed E-state index contributed by atoms with van der Waals surface area (Å²) in [6.07, 6.45) is 1.56. The number of hydrogen-bond acceptors (Lipinski definition) is 6. The number of hydrogen-bond donors (Lipinski definition) is 1. The molecule has 1 heterocycles. The Bertz CT molecular complexity index is 1660. The number of ether oxygens (including phenoxy) is 3. The molecule has 0 saturated heterocycles. The van der Waals surface area contributed by atoms with E-state index >= 15 is 0 Å². The van der Waals surface area contributed by atoms with Crippen molar-refractivity contribution in [2.45, 2.75) is 20.5 Å². The van der Waals surface area contributed by atoms with Gasteiger partial charge in [0.1, 0.15) is 17.9 Å². The summed E-state index contributed by atoms with van der Waals surface area (Å²) in [5, 5.41) is 7.27. The minimum Gasteiger partial charge on any atom is -0.494 e. The average molecular weight is 634 g/mol. The summed E-state index contributed by atoms with van der Waals surface area (Å²) in [7, 11) is 0. The monoisotopic (exact) mass is 634 g/mol. The standard InChI is InChI=1S/C31H27IN2O5/c1-3-36-25-11-12-27-24(16-25)17-29(39-27)31(35)34-33-18-21-14-26(32)30(28(15-21)37-4-2)38-19-20-9-10-22-7-5-6-8-23(22)13-20/h5-18H,3-4,19H2,1-2H3,(H,34,35)/b33-18+. The van der Waals surface area contributed by atoms with Crippen molar-refractivity contribution < 1.29 is 23.4 Å². The second kappa shape index (κ2) is 12.2. The van der Waals surface area contributed by atoms with E-state index in [1.165, 1.54) is 10.8 Å². The molecule has 0 aliphatic rings. The normalized spacial score (nSPS) is 11.3. The summed E-state index contributed by atoms with van der Waals surface area (Å²) in [5.74, 6) is 1.72. The molecule has 7 nitrogen and oxygen atoms in total. The highest BCUT2D eigenvalue weighted by molar-refractivity contribution is 14.1. The average Bonchev–Trinajstić information content (AvgIpc) is 3.37. The van der Waals surface area contributed by atoms with E-state index < -0.39 is 5.91 Å². The Balaban J connectivity index is 1.27. The predicted molar refractivity (Wildman–Crippen MR) is 161 cm³/mol. The second-order valence-electron chi connectivity index (χ2n) is 8.68. The van der Waals surface area contributed by atoms with Gasteiger partial charge in [-0.2, -0.15) is 5.10 Å². The Morgan fingerprint density at radius 2 is 1.72 bits per heavy atom. The SMILES string of the molecule is CCOc1ccc2oc(C(=O)N/N=C/c3cc(I)c(OCc4ccc5ccccc5c4)c(OCC)c3)cc2c1. The Morgan fingerprint density at radius 3 is 2.54 bits per heavy atom. The number of fused-ring (bicyclic) bond motifs is 2. The number of nitrogens with zero attached hydrogens (tertiary/aromatic N) is 1. The van der Waals surface area contributed by atoms with Crippen LogP contribution in [0.4, 0.5) is 0 Å². The van der Waals surface area contributed by atoms with Crippen LogP contribution >= 0.6 is 22.6 Å². The fourth-order valence-electron chi connectivity index (χ4n) is 4.16. The van der Waals surface area contributed by atoms with Gasteiger partial charge in [-0.05, 0) is 101 Å². The van der Waals surface area contributed by atoms with Crippen LogP contribution in [0.3, 0.4) is 0 Å². The third kappa shape index (κ3) is 6.34. The Morgan fingerprint density at radius 1 is 0.897 bits per heavy atom. The molecule has 5 aromatic rings. The first-order valence-electron chi connectivity index (χ1n) is 12.6. The number of amides is 1. The molecule has 0 spiro atoms. The molecule has 0 radical (unpaired) electrons. The first-order valence-corrected chi connectivity index (χ1v) is 13.7. The van der Waals surface area contributed by atoms with Gasteiger partial charge in [-0.1, -0.05) is 36.4 Å². The van der Waals surface area contributed by atoms with E-state index in [9.17, 15) is 4.79 Å². The van der Waals surface area contributed by atoms with E-state index in [1.54, 1.807) is 18.3 Å². The molecule has 0 aliphatic heterocycles. The molecule has 1 N–H and O–H groups in total. The molecule has 0 bridgehead atoms. The highest BCUT2D eigenvalue weighted by Gasteiger charge is 2.14. The molecule has 0 aliphatic carbocycles. The highest BCUT2D eigenvalue weighted by Crippen LogP contribution is 2.35. The van der Waals surface area contributed by atoms with Gasteiger partial charge in [0.25, 0.3) is 0 Å². The number of hydrazone groups is 1. The van der Waals surface area contributed by atoms with Gasteiger partial charge in [0.05, 0.1) is 23.0 Å². The maximum atomic E-state index is 12.6. The van der Waals surface area contributed by atoms with Gasteiger partial charge in [-0.3, -0.25) is 4.79 Å². The zero-order chi connectivity index (χ0) is 27.2. The lowest BCUT2D eigenvalue weighted by atomic mass is 10.1. The van der Waals surface area contributed by atoms with Crippen LogP contribution < -0.4 is 19.6 Å². The molecule has 5 rings (SSSR count). The van der Waals surface area contributed by atoms with Crippen LogP contribution in [0.5, 0.6) is 17.2 Å². The van der Waals surface area contributed by atoms with Gasteiger partial charge in [0, 0.05) is 5.39 Å². The lowest BCUT2D eigenvalue weighted by molar-refractivity contribution is 0.0929. The summed E-state index contributed by atoms with van der Waals surface area (Å²) in [4.78, 5) is 12.6. The molecular formula is C31H27IN2O5. The summed E-state index contributed by atoms with van der Waals surface area (Å²) >= 11 is 2.22. The molecule has 4 aromatic carbocycles. The number of furan rings is 1. The van der Waals surface area contributed by atoms with Gasteiger partial charge in [0.15, 0.2) is 17.3 Å². The lowest BCUT2D eigenvalue weighted by Gasteiger charge is -2.15. The predicted octanol–water partition coefficient (Wildman–Crippen LogP) is 7.33. The zero-order valence-corrected chi connectivity index (χ0v) is 23.7. The van der Waals surface area contributed by atoms with Crippen LogP contribution in [0.2, 0.25) is 0 Å². The van der Waals surface area contributed by atoms with Gasteiger partial charge in [0.2, 0.25) is 0 Å². The topological polar surface area (TPSA) is 82.3 Å². The van der Waals surface area contributed by atoms with Crippen molar-refractivity contribution in [3.05, 3.63) is 99.3 Å². The van der Waals surface area contributed by atoms with Gasteiger partial charge >= 0.3 is 5.91 Å². The fourth-order valence-corrected chi connectivity index (χ4v) is 4.94. The minimum absolute atomic E-state index is 0.165. The molecule has 8 heteroatoms. The summed E-state index contributed by atoms with van der Waals surface area (Å²) < 4.78 is 24.1.